The molecular weight excluding hydrogens is 439 g/mol. The van der Waals surface area contributed by atoms with Crippen molar-refractivity contribution in [2.75, 3.05) is 25.0 Å². The van der Waals surface area contributed by atoms with Crippen molar-refractivity contribution < 1.29 is 9.18 Å². The fraction of sp³-hybridized carbons (Fsp3) is 0.310. The zero-order valence-electron chi connectivity index (χ0n) is 20.1. The van der Waals surface area contributed by atoms with Crippen LogP contribution < -0.4 is 5.32 Å². The van der Waals surface area contributed by atoms with Gasteiger partial charge in [0.05, 0.1) is 5.69 Å². The molecule has 0 unspecified atom stereocenters. The normalized spacial score (nSPS) is 14.3. The molecule has 180 valence electrons. The number of halogens is 1. The van der Waals surface area contributed by atoms with E-state index in [1.54, 1.807) is 6.07 Å². The van der Waals surface area contributed by atoms with E-state index in [0.717, 1.165) is 36.1 Å². The summed E-state index contributed by atoms with van der Waals surface area (Å²) in [5.74, 6) is -0.651. The second kappa shape index (κ2) is 10.4. The van der Waals surface area contributed by atoms with E-state index >= 15 is 0 Å². The van der Waals surface area contributed by atoms with E-state index in [1.165, 1.54) is 57.0 Å². The van der Waals surface area contributed by atoms with Gasteiger partial charge in [-0.15, -0.1) is 0 Å². The number of para-hydroxylation sites is 1. The number of amides is 1. The minimum atomic E-state index is -0.412. The van der Waals surface area contributed by atoms with Gasteiger partial charge < -0.3 is 14.8 Å². The van der Waals surface area contributed by atoms with Gasteiger partial charge in [0.25, 0.3) is 0 Å². The van der Waals surface area contributed by atoms with Crippen molar-refractivity contribution in [3.8, 4) is 16.9 Å². The highest BCUT2D eigenvalue weighted by Crippen LogP contribution is 2.30. The monoisotopic (exact) mass is 470 g/mol. The summed E-state index contributed by atoms with van der Waals surface area (Å²) in [6, 6.07) is 18.8. The predicted molar refractivity (Wildman–Crippen MR) is 139 cm³/mol. The number of anilines is 1. The Morgan fingerprint density at radius 1 is 1.03 bits per heavy atom. The highest BCUT2D eigenvalue weighted by atomic mass is 19.1. The molecule has 1 aliphatic heterocycles. The lowest BCUT2D eigenvalue weighted by atomic mass is 10.1. The van der Waals surface area contributed by atoms with Crippen molar-refractivity contribution in [3.05, 3.63) is 78.2 Å². The van der Waals surface area contributed by atoms with Gasteiger partial charge in [-0.05, 0) is 93.3 Å². The van der Waals surface area contributed by atoms with Gasteiger partial charge in [0.1, 0.15) is 11.5 Å². The highest BCUT2D eigenvalue weighted by molar-refractivity contribution is 5.90. The first kappa shape index (κ1) is 23.2. The number of pyridine rings is 1. The third-order valence-electron chi connectivity index (χ3n) is 6.65. The average Bonchev–Trinajstić information content (AvgIpc) is 3.22. The summed E-state index contributed by atoms with van der Waals surface area (Å²) in [7, 11) is 0. The van der Waals surface area contributed by atoms with E-state index in [2.05, 4.69) is 39.2 Å². The molecule has 35 heavy (non-hydrogen) atoms. The van der Waals surface area contributed by atoms with Gasteiger partial charge in [0, 0.05) is 35.4 Å². The van der Waals surface area contributed by atoms with Crippen molar-refractivity contribution in [2.45, 2.75) is 39.0 Å². The fourth-order valence-electron chi connectivity index (χ4n) is 5.00. The van der Waals surface area contributed by atoms with Gasteiger partial charge in [-0.2, -0.15) is 0 Å². The Kier molecular flexibility index (Phi) is 6.91. The number of piperidine rings is 1. The summed E-state index contributed by atoms with van der Waals surface area (Å²) in [6.45, 7) is 4.96. The number of rotatable bonds is 7. The summed E-state index contributed by atoms with van der Waals surface area (Å²) in [5, 5.41) is 3.79. The van der Waals surface area contributed by atoms with E-state index in [-0.39, 0.29) is 5.91 Å². The van der Waals surface area contributed by atoms with Gasteiger partial charge in [-0.1, -0.05) is 24.6 Å². The molecule has 1 amide bonds. The summed E-state index contributed by atoms with van der Waals surface area (Å²) >= 11 is 0. The third-order valence-corrected chi connectivity index (χ3v) is 6.65. The Morgan fingerprint density at radius 2 is 1.83 bits per heavy atom. The van der Waals surface area contributed by atoms with Crippen LogP contribution in [0.5, 0.6) is 0 Å². The number of nitrogens with one attached hydrogen (secondary N) is 1. The number of aryl methyl sites for hydroxylation is 1. The molecule has 4 aromatic rings. The maximum atomic E-state index is 14.3. The molecule has 3 heterocycles. The first-order valence-corrected chi connectivity index (χ1v) is 12.4. The lowest BCUT2D eigenvalue weighted by Crippen LogP contribution is -2.30. The number of carbonyl (C=O) groups is 1. The Morgan fingerprint density at radius 3 is 2.60 bits per heavy atom. The lowest BCUT2D eigenvalue weighted by Gasteiger charge is -2.26. The molecule has 2 aromatic heterocycles. The first-order chi connectivity index (χ1) is 17.1. The van der Waals surface area contributed by atoms with Crippen LogP contribution in [0, 0.1) is 5.82 Å². The minimum Gasteiger partial charge on any atom is -0.326 e. The van der Waals surface area contributed by atoms with Crippen LogP contribution in [0.1, 0.15) is 38.2 Å². The Labute approximate surface area is 205 Å². The number of hydrogen-bond donors (Lipinski definition) is 1. The Balaban J connectivity index is 1.50. The van der Waals surface area contributed by atoms with Gasteiger partial charge in [0.2, 0.25) is 5.91 Å². The quantitative estimate of drug-likeness (QED) is 0.349. The molecule has 0 spiro atoms. The van der Waals surface area contributed by atoms with Crippen LogP contribution in [-0.4, -0.2) is 40.0 Å². The third kappa shape index (κ3) is 5.43. The molecule has 0 aliphatic carbocycles. The summed E-state index contributed by atoms with van der Waals surface area (Å²) < 4.78 is 16.5. The summed E-state index contributed by atoms with van der Waals surface area (Å²) in [6.07, 6.45) is 8.27. The molecule has 5 nitrogen and oxygen atoms in total. The topological polar surface area (TPSA) is 50.2 Å². The SMILES string of the molecule is CC(=O)Nc1cc(F)cc(-c2ccc3c(CCCN4CCCCC4)cn(-c4ccccc4)c3n2)c1. The smallest absolute Gasteiger partial charge is 0.221 e. The van der Waals surface area contributed by atoms with Gasteiger partial charge in [-0.3, -0.25) is 4.79 Å². The zero-order valence-corrected chi connectivity index (χ0v) is 20.1. The standard InChI is InChI=1S/C29H31FN4O/c1-21(35)31-25-18-23(17-24(30)19-25)28-13-12-27-22(9-8-16-33-14-6-3-7-15-33)20-34(29(27)32-28)26-10-4-2-5-11-26/h2,4-5,10-13,17-20H,3,6-9,14-16H2,1H3,(H,31,35). The number of carbonyl (C=O) groups excluding carboxylic acids is 1. The largest absolute Gasteiger partial charge is 0.326 e. The van der Waals surface area contributed by atoms with E-state index in [1.807, 2.05) is 24.3 Å². The maximum absolute atomic E-state index is 14.3. The molecule has 1 fully saturated rings. The van der Waals surface area contributed by atoms with Crippen LogP contribution in [0.15, 0.2) is 66.9 Å². The van der Waals surface area contributed by atoms with Crippen LogP contribution in [0.2, 0.25) is 0 Å². The molecule has 0 atom stereocenters. The molecule has 1 saturated heterocycles. The molecule has 0 radical (unpaired) electrons. The molecule has 2 aromatic carbocycles. The van der Waals surface area contributed by atoms with Gasteiger partial charge >= 0.3 is 0 Å². The molecule has 5 rings (SSSR count). The Bertz CT molecular complexity index is 1330. The second-order valence-corrected chi connectivity index (χ2v) is 9.34. The predicted octanol–water partition coefficient (Wildman–Crippen LogP) is 6.21. The van der Waals surface area contributed by atoms with E-state index in [0.29, 0.717) is 16.9 Å². The molecular formula is C29H31FN4O. The molecule has 0 bridgehead atoms. The lowest BCUT2D eigenvalue weighted by molar-refractivity contribution is -0.114. The first-order valence-electron chi connectivity index (χ1n) is 12.4. The van der Waals surface area contributed by atoms with Crippen molar-refractivity contribution in [1.82, 2.24) is 14.5 Å². The average molecular weight is 471 g/mol. The fourth-order valence-corrected chi connectivity index (χ4v) is 5.00. The van der Waals surface area contributed by atoms with E-state index in [4.69, 9.17) is 4.98 Å². The number of aromatic nitrogens is 2. The second-order valence-electron chi connectivity index (χ2n) is 9.34. The molecule has 1 aliphatic rings. The number of nitrogens with zero attached hydrogens (tertiary/aromatic N) is 3. The molecule has 6 heteroatoms. The van der Waals surface area contributed by atoms with Crippen molar-refractivity contribution in [1.29, 1.82) is 0 Å². The van der Waals surface area contributed by atoms with Crippen molar-refractivity contribution in [2.24, 2.45) is 0 Å². The van der Waals surface area contributed by atoms with Gasteiger partial charge in [0.15, 0.2) is 0 Å². The van der Waals surface area contributed by atoms with Crippen LogP contribution in [0.3, 0.4) is 0 Å². The van der Waals surface area contributed by atoms with Crippen LogP contribution in [0.4, 0.5) is 10.1 Å². The number of hydrogen-bond acceptors (Lipinski definition) is 3. The number of fused-ring (bicyclic) bond motifs is 1. The van der Waals surface area contributed by atoms with E-state index < -0.39 is 5.82 Å². The van der Waals surface area contributed by atoms with Gasteiger partial charge in [-0.25, -0.2) is 9.37 Å². The molecule has 1 N–H and O–H groups in total. The van der Waals surface area contributed by atoms with Crippen molar-refractivity contribution >= 4 is 22.6 Å². The highest BCUT2D eigenvalue weighted by Gasteiger charge is 2.15. The number of likely N-dealkylation sites (tertiary alicyclic amines) is 1. The maximum Gasteiger partial charge on any atom is 0.221 e. The van der Waals surface area contributed by atoms with Crippen LogP contribution >= 0.6 is 0 Å². The number of benzene rings is 2. The van der Waals surface area contributed by atoms with Crippen LogP contribution in [-0.2, 0) is 11.2 Å². The van der Waals surface area contributed by atoms with Crippen molar-refractivity contribution in [3.63, 3.8) is 0 Å². The minimum absolute atomic E-state index is 0.239. The Hall–Kier alpha value is -3.51. The van der Waals surface area contributed by atoms with E-state index in [9.17, 15) is 9.18 Å². The molecule has 0 saturated carbocycles. The zero-order chi connectivity index (χ0) is 24.2. The van der Waals surface area contributed by atoms with Crippen LogP contribution in [0.25, 0.3) is 28.0 Å². The summed E-state index contributed by atoms with van der Waals surface area (Å²) in [5.41, 5.74) is 4.89. The summed E-state index contributed by atoms with van der Waals surface area (Å²) in [4.78, 5) is 19.0.